The Morgan fingerprint density at radius 1 is 1.17 bits per heavy atom. The Balaban J connectivity index is 1.49. The van der Waals surface area contributed by atoms with Crippen LogP contribution < -0.4 is 11.5 Å². The molecule has 3 saturated carbocycles. The van der Waals surface area contributed by atoms with Crippen LogP contribution in [0.2, 0.25) is 0 Å². The van der Waals surface area contributed by atoms with Gasteiger partial charge >= 0.3 is 5.97 Å². The number of hydrogen-bond donors (Lipinski definition) is 3. The van der Waals surface area contributed by atoms with Crippen LogP contribution in [0.1, 0.15) is 106 Å². The highest BCUT2D eigenvalue weighted by atomic mass is 16.5. The van der Waals surface area contributed by atoms with E-state index in [1.165, 1.54) is 5.57 Å². The highest BCUT2D eigenvalue weighted by Crippen LogP contribution is 2.75. The van der Waals surface area contributed by atoms with Gasteiger partial charge in [-0.15, -0.1) is 5.10 Å². The van der Waals surface area contributed by atoms with E-state index in [0.717, 1.165) is 32.1 Å². The van der Waals surface area contributed by atoms with Crippen LogP contribution in [-0.2, 0) is 19.0 Å². The Labute approximate surface area is 287 Å². The summed E-state index contributed by atoms with van der Waals surface area (Å²) in [6.07, 6.45) is 8.24. The second kappa shape index (κ2) is 12.0. The molecule has 11 nitrogen and oxygen atoms in total. The first-order chi connectivity index (χ1) is 22.4. The standard InChI is InChI=1S/C37H62N6O5/c1-22(2)23(3)34(6)14-15-35(7)24-10-11-27-32(4)18-26(43-41-31(38)40-42-43)29(48-20-33(5,39)16-17-46-9)37(27,21-47-19-32)25(24)12-13-36(35,8)28(34)30(44)45/h12,22-24,26-29H,10-11,13-21,39H2,1-9H3,(H2,38,41)(H,44,45)/t23-,24+,26-,27-,28-,29+,32-,33?,34-,35-,36+,37+/m1/s1. The Morgan fingerprint density at radius 2 is 1.90 bits per heavy atom. The molecule has 11 heteroatoms. The van der Waals surface area contributed by atoms with Crippen LogP contribution in [0.5, 0.6) is 0 Å². The fraction of sp³-hybridized carbons (Fsp3) is 0.892. The number of tetrazole rings is 1. The number of nitrogens with zero attached hydrogens (tertiary/aromatic N) is 4. The third-order valence-electron chi connectivity index (χ3n) is 15.2. The predicted molar refractivity (Wildman–Crippen MR) is 184 cm³/mol. The van der Waals surface area contributed by atoms with Crippen molar-refractivity contribution in [3.05, 3.63) is 11.6 Å². The molecule has 5 aliphatic rings. The van der Waals surface area contributed by atoms with Crippen molar-refractivity contribution in [2.75, 3.05) is 39.3 Å². The molecule has 0 aromatic carbocycles. The number of aliphatic carboxylic acids is 1. The summed E-state index contributed by atoms with van der Waals surface area (Å²) >= 11 is 0. The van der Waals surface area contributed by atoms with Gasteiger partial charge in [-0.1, -0.05) is 65.2 Å². The second-order valence-corrected chi connectivity index (χ2v) is 18.2. The molecule has 1 saturated heterocycles. The van der Waals surface area contributed by atoms with Crippen molar-refractivity contribution in [1.29, 1.82) is 0 Å². The van der Waals surface area contributed by atoms with Crippen LogP contribution >= 0.6 is 0 Å². The van der Waals surface area contributed by atoms with Crippen molar-refractivity contribution in [3.63, 3.8) is 0 Å². The van der Waals surface area contributed by atoms with Gasteiger partial charge in [0, 0.05) is 24.7 Å². The lowest BCUT2D eigenvalue weighted by Gasteiger charge is -2.71. The average Bonchev–Trinajstić information content (AvgIpc) is 3.45. The molecule has 6 rings (SSSR count). The van der Waals surface area contributed by atoms with Gasteiger partial charge in [-0.3, -0.25) is 4.79 Å². The average molecular weight is 671 g/mol. The number of nitrogen functional groups attached to an aromatic ring is 1. The molecule has 0 spiro atoms. The maximum atomic E-state index is 13.5. The van der Waals surface area contributed by atoms with Gasteiger partial charge in [-0.2, -0.15) is 4.80 Å². The lowest BCUT2D eigenvalue weighted by atomic mass is 9.34. The Hall–Kier alpha value is -2.08. The number of carboxylic acid groups (broad SMARTS) is 1. The molecule has 1 aliphatic heterocycles. The normalized spacial score (nSPS) is 44.1. The van der Waals surface area contributed by atoms with E-state index < -0.39 is 28.3 Å². The zero-order chi connectivity index (χ0) is 35.1. The molecule has 0 radical (unpaired) electrons. The van der Waals surface area contributed by atoms with E-state index in [0.29, 0.717) is 51.1 Å². The van der Waals surface area contributed by atoms with E-state index in [9.17, 15) is 9.90 Å². The first-order valence-corrected chi connectivity index (χ1v) is 18.4. The molecule has 4 aliphatic carbocycles. The quantitative estimate of drug-likeness (QED) is 0.270. The molecule has 1 aromatic rings. The zero-order valence-electron chi connectivity index (χ0n) is 30.9. The second-order valence-electron chi connectivity index (χ2n) is 18.2. The molecule has 5 N–H and O–H groups in total. The number of carbonyl (C=O) groups is 1. The van der Waals surface area contributed by atoms with E-state index in [2.05, 4.69) is 70.0 Å². The minimum absolute atomic E-state index is 0.137. The van der Waals surface area contributed by atoms with Crippen molar-refractivity contribution in [2.45, 2.75) is 118 Å². The van der Waals surface area contributed by atoms with Gasteiger partial charge in [0.1, 0.15) is 6.04 Å². The van der Waals surface area contributed by atoms with Crippen molar-refractivity contribution >= 4 is 11.9 Å². The van der Waals surface area contributed by atoms with Gasteiger partial charge in [0.15, 0.2) is 0 Å². The molecule has 0 amide bonds. The Kier molecular flexibility index (Phi) is 8.95. The highest BCUT2D eigenvalue weighted by Gasteiger charge is 2.72. The molecule has 2 bridgehead atoms. The van der Waals surface area contributed by atoms with Gasteiger partial charge < -0.3 is 30.8 Å². The number of rotatable bonds is 10. The zero-order valence-corrected chi connectivity index (χ0v) is 30.9. The van der Waals surface area contributed by atoms with Gasteiger partial charge in [0.25, 0.3) is 5.95 Å². The molecule has 2 heterocycles. The summed E-state index contributed by atoms with van der Waals surface area (Å²) in [5.41, 5.74) is 12.2. The lowest BCUT2D eigenvalue weighted by molar-refractivity contribution is -0.255. The topological polar surface area (TPSA) is 161 Å². The van der Waals surface area contributed by atoms with Crippen LogP contribution in [0, 0.1) is 56.7 Å². The van der Waals surface area contributed by atoms with Crippen LogP contribution in [0.3, 0.4) is 0 Å². The monoisotopic (exact) mass is 670 g/mol. The van der Waals surface area contributed by atoms with Gasteiger partial charge in [-0.05, 0) is 102 Å². The summed E-state index contributed by atoms with van der Waals surface area (Å²) in [5.74, 6) is 0.262. The van der Waals surface area contributed by atoms with Crippen LogP contribution in [0.25, 0.3) is 0 Å². The van der Waals surface area contributed by atoms with Crippen LogP contribution in [0.4, 0.5) is 5.95 Å². The van der Waals surface area contributed by atoms with Gasteiger partial charge in [0.05, 0.1) is 31.8 Å². The maximum absolute atomic E-state index is 13.5. The summed E-state index contributed by atoms with van der Waals surface area (Å²) in [5, 5.41) is 24.2. The summed E-state index contributed by atoms with van der Waals surface area (Å²) in [7, 11) is 1.69. The number of nitrogens with two attached hydrogens (primary N) is 2. The fourth-order valence-corrected chi connectivity index (χ4v) is 12.1. The predicted octanol–water partition coefficient (Wildman–Crippen LogP) is 5.52. The van der Waals surface area contributed by atoms with Crippen molar-refractivity contribution < 1.29 is 24.1 Å². The smallest absolute Gasteiger partial charge is 0.307 e. The summed E-state index contributed by atoms with van der Waals surface area (Å²) in [4.78, 5) is 15.2. The van der Waals surface area contributed by atoms with Gasteiger partial charge in [-0.25, -0.2) is 0 Å². The van der Waals surface area contributed by atoms with E-state index in [1.807, 2.05) is 6.92 Å². The van der Waals surface area contributed by atoms with Gasteiger partial charge in [0.2, 0.25) is 0 Å². The van der Waals surface area contributed by atoms with Crippen molar-refractivity contribution in [3.8, 4) is 0 Å². The number of allylic oxidation sites excluding steroid dienone is 1. The largest absolute Gasteiger partial charge is 0.481 e. The van der Waals surface area contributed by atoms with E-state index >= 15 is 0 Å². The highest BCUT2D eigenvalue weighted by molar-refractivity contribution is 5.73. The number of anilines is 1. The van der Waals surface area contributed by atoms with E-state index in [4.69, 9.17) is 25.7 Å². The Bertz CT molecular complexity index is 1410. The number of hydrogen-bond acceptors (Lipinski definition) is 9. The molecule has 1 unspecified atom stereocenters. The fourth-order valence-electron chi connectivity index (χ4n) is 12.1. The van der Waals surface area contributed by atoms with E-state index in [1.54, 1.807) is 11.9 Å². The van der Waals surface area contributed by atoms with Crippen LogP contribution in [0.15, 0.2) is 11.6 Å². The first kappa shape index (κ1) is 35.7. The third kappa shape index (κ3) is 5.10. The number of ether oxygens (including phenoxy) is 3. The molecular formula is C37H62N6O5. The SMILES string of the molecule is COCCC(C)(N)CO[C@H]1[C@H](n2nnc(N)n2)C[C@]2(C)COC[C@@]13C1=CC[C@@]4(C)[C@H](C(=O)O)[C@@](C)([C@H](C)C(C)C)CC[C@]4(C)[C@H]1CC[C@H]23. The molecule has 1 aromatic heterocycles. The molecule has 4 fully saturated rings. The van der Waals surface area contributed by atoms with Crippen molar-refractivity contribution in [1.82, 2.24) is 20.2 Å². The molecule has 12 atom stereocenters. The number of carboxylic acids is 1. The molecule has 270 valence electrons. The number of fused-ring (bicyclic) bond motifs is 3. The molecule has 48 heavy (non-hydrogen) atoms. The van der Waals surface area contributed by atoms with Crippen molar-refractivity contribution in [2.24, 2.45) is 62.4 Å². The first-order valence-electron chi connectivity index (χ1n) is 18.4. The minimum Gasteiger partial charge on any atom is -0.481 e. The maximum Gasteiger partial charge on any atom is 0.307 e. The number of methoxy groups -OCH3 is 1. The lowest BCUT2D eigenvalue weighted by Crippen LogP contribution is -2.70. The minimum atomic E-state index is -0.650. The molecular weight excluding hydrogens is 608 g/mol. The van der Waals surface area contributed by atoms with E-state index in [-0.39, 0.29) is 46.2 Å². The number of aromatic nitrogens is 4. The summed E-state index contributed by atoms with van der Waals surface area (Å²) in [6.45, 7) is 20.2. The third-order valence-corrected chi connectivity index (χ3v) is 15.2. The van der Waals surface area contributed by atoms with Crippen LogP contribution in [-0.4, -0.2) is 76.5 Å². The summed E-state index contributed by atoms with van der Waals surface area (Å²) < 4.78 is 19.2. The Morgan fingerprint density at radius 3 is 2.52 bits per heavy atom. The summed E-state index contributed by atoms with van der Waals surface area (Å²) in [6, 6.07) is -0.216.